The van der Waals surface area contributed by atoms with Gasteiger partial charge in [0.1, 0.15) is 5.84 Å². The predicted molar refractivity (Wildman–Crippen MR) is 101 cm³/mol. The zero-order valence-corrected chi connectivity index (χ0v) is 14.7. The third kappa shape index (κ3) is 2.36. The minimum Gasteiger partial charge on any atom is -0.298 e. The van der Waals surface area contributed by atoms with Crippen molar-refractivity contribution in [1.82, 2.24) is 0 Å². The number of aliphatic imine (C=N–C) groups is 1. The number of halogens is 1. The molecule has 0 spiro atoms. The molecule has 2 aromatic rings. The second-order valence-electron chi connectivity index (χ2n) is 6.93. The molecule has 1 unspecified atom stereocenters. The number of rotatable bonds is 0. The van der Waals surface area contributed by atoms with Gasteiger partial charge in [0, 0.05) is 17.9 Å². The molecule has 0 N–H and O–H groups in total. The predicted octanol–water partition coefficient (Wildman–Crippen LogP) is 5.47. The zero-order valence-electron chi connectivity index (χ0n) is 13.9. The summed E-state index contributed by atoms with van der Waals surface area (Å²) in [7, 11) is 0. The van der Waals surface area contributed by atoms with Crippen LogP contribution >= 0.6 is 12.4 Å². The van der Waals surface area contributed by atoms with Gasteiger partial charge in [-0.3, -0.25) is 9.89 Å². The van der Waals surface area contributed by atoms with Gasteiger partial charge >= 0.3 is 0 Å². The zero-order chi connectivity index (χ0) is 15.3. The fraction of sp³-hybridized carbons (Fsp3) is 0.350. The molecular weight excluding hydrogens is 304 g/mol. The van der Waals surface area contributed by atoms with Crippen LogP contribution in [0.2, 0.25) is 0 Å². The molecule has 0 fully saturated rings. The summed E-state index contributed by atoms with van der Waals surface area (Å²) < 4.78 is 0. The van der Waals surface area contributed by atoms with Crippen molar-refractivity contribution in [2.45, 2.75) is 45.1 Å². The normalized spacial score (nSPS) is 21.1. The van der Waals surface area contributed by atoms with Gasteiger partial charge < -0.3 is 0 Å². The average Bonchev–Trinajstić information content (AvgIpc) is 2.94. The SMILES string of the molecule is CC1CCC(N2c3ccccc3C(C)(C)c3ccccc32)=N1.Cl. The summed E-state index contributed by atoms with van der Waals surface area (Å²) in [5.41, 5.74) is 5.37. The first kappa shape index (κ1) is 16.1. The van der Waals surface area contributed by atoms with Gasteiger partial charge in [-0.15, -0.1) is 12.4 Å². The van der Waals surface area contributed by atoms with Crippen molar-refractivity contribution in [1.29, 1.82) is 0 Å². The molecule has 0 radical (unpaired) electrons. The van der Waals surface area contributed by atoms with E-state index in [-0.39, 0.29) is 17.8 Å². The van der Waals surface area contributed by atoms with Gasteiger partial charge in [0.05, 0.1) is 11.4 Å². The van der Waals surface area contributed by atoms with Crippen molar-refractivity contribution in [2.24, 2.45) is 4.99 Å². The van der Waals surface area contributed by atoms with Crippen molar-refractivity contribution in [3.8, 4) is 0 Å². The summed E-state index contributed by atoms with van der Waals surface area (Å²) in [5.74, 6) is 1.21. The van der Waals surface area contributed by atoms with Crippen LogP contribution in [-0.2, 0) is 5.41 Å². The van der Waals surface area contributed by atoms with Crippen molar-refractivity contribution >= 4 is 29.6 Å². The van der Waals surface area contributed by atoms with Crippen LogP contribution in [0.5, 0.6) is 0 Å². The average molecular weight is 327 g/mol. The van der Waals surface area contributed by atoms with E-state index >= 15 is 0 Å². The molecule has 120 valence electrons. The van der Waals surface area contributed by atoms with E-state index in [1.54, 1.807) is 0 Å². The van der Waals surface area contributed by atoms with E-state index in [4.69, 9.17) is 4.99 Å². The Morgan fingerprint density at radius 2 is 1.48 bits per heavy atom. The number of fused-ring (bicyclic) bond motifs is 2. The van der Waals surface area contributed by atoms with E-state index in [0.717, 1.165) is 12.8 Å². The minimum atomic E-state index is 0. The molecule has 2 nitrogen and oxygen atoms in total. The Morgan fingerprint density at radius 1 is 0.957 bits per heavy atom. The summed E-state index contributed by atoms with van der Waals surface area (Å²) >= 11 is 0. The first-order valence-corrected chi connectivity index (χ1v) is 8.15. The number of para-hydroxylation sites is 2. The molecule has 2 aromatic carbocycles. The van der Waals surface area contributed by atoms with Crippen molar-refractivity contribution in [3.63, 3.8) is 0 Å². The lowest BCUT2D eigenvalue weighted by Gasteiger charge is -2.41. The van der Waals surface area contributed by atoms with Crippen LogP contribution in [0.1, 0.15) is 44.7 Å². The molecule has 23 heavy (non-hydrogen) atoms. The maximum atomic E-state index is 4.90. The Hall–Kier alpha value is -1.80. The Balaban J connectivity index is 0.00000156. The minimum absolute atomic E-state index is 0. The highest BCUT2D eigenvalue weighted by Crippen LogP contribution is 2.49. The van der Waals surface area contributed by atoms with Gasteiger partial charge in [-0.05, 0) is 36.6 Å². The number of benzene rings is 2. The van der Waals surface area contributed by atoms with Crippen molar-refractivity contribution in [2.75, 3.05) is 4.90 Å². The summed E-state index contributed by atoms with van der Waals surface area (Å²) in [6.07, 6.45) is 2.21. The van der Waals surface area contributed by atoms with E-state index in [1.165, 1.54) is 28.3 Å². The van der Waals surface area contributed by atoms with Crippen LogP contribution in [0, 0.1) is 0 Å². The maximum absolute atomic E-state index is 4.90. The third-order valence-electron chi connectivity index (χ3n) is 5.05. The Labute approximate surface area is 144 Å². The van der Waals surface area contributed by atoms with Crippen molar-refractivity contribution in [3.05, 3.63) is 59.7 Å². The Kier molecular flexibility index (Phi) is 3.97. The molecule has 0 aliphatic carbocycles. The second kappa shape index (κ2) is 5.68. The molecule has 2 aliphatic heterocycles. The van der Waals surface area contributed by atoms with Crippen LogP contribution in [0.3, 0.4) is 0 Å². The molecule has 0 saturated carbocycles. The van der Waals surface area contributed by atoms with Gasteiger partial charge in [0.25, 0.3) is 0 Å². The first-order chi connectivity index (χ1) is 10.6. The number of anilines is 2. The summed E-state index contributed by atoms with van der Waals surface area (Å²) in [5, 5.41) is 0. The fourth-order valence-corrected chi connectivity index (χ4v) is 3.84. The van der Waals surface area contributed by atoms with Crippen LogP contribution in [-0.4, -0.2) is 11.9 Å². The van der Waals surface area contributed by atoms with Gasteiger partial charge in [-0.2, -0.15) is 0 Å². The topological polar surface area (TPSA) is 15.6 Å². The molecule has 0 aromatic heterocycles. The van der Waals surface area contributed by atoms with Gasteiger partial charge in [0.15, 0.2) is 0 Å². The molecule has 2 aliphatic rings. The van der Waals surface area contributed by atoms with E-state index < -0.39 is 0 Å². The Bertz CT molecular complexity index is 714. The van der Waals surface area contributed by atoms with Crippen LogP contribution in [0.25, 0.3) is 0 Å². The molecule has 0 saturated heterocycles. The number of hydrogen-bond donors (Lipinski definition) is 0. The van der Waals surface area contributed by atoms with E-state index in [9.17, 15) is 0 Å². The molecule has 0 amide bonds. The highest BCUT2D eigenvalue weighted by atomic mass is 35.5. The fourth-order valence-electron chi connectivity index (χ4n) is 3.84. The summed E-state index contributed by atoms with van der Waals surface area (Å²) in [4.78, 5) is 7.29. The molecule has 1 atom stereocenters. The highest BCUT2D eigenvalue weighted by Gasteiger charge is 2.37. The molecular formula is C20H23ClN2. The quantitative estimate of drug-likeness (QED) is 0.627. The molecule has 2 heterocycles. The van der Waals surface area contributed by atoms with E-state index in [0.29, 0.717) is 6.04 Å². The monoisotopic (exact) mass is 326 g/mol. The lowest BCUT2D eigenvalue weighted by atomic mass is 9.73. The molecule has 3 heteroatoms. The number of amidine groups is 1. The van der Waals surface area contributed by atoms with Gasteiger partial charge in [-0.1, -0.05) is 50.2 Å². The summed E-state index contributed by atoms with van der Waals surface area (Å²) in [6.45, 7) is 6.85. The standard InChI is InChI=1S/C20H22N2.ClH/c1-14-12-13-19(21-14)22-17-10-6-4-8-15(17)20(2,3)16-9-5-7-11-18(16)22;/h4-11,14H,12-13H2,1-3H3;1H. The second-order valence-corrected chi connectivity index (χ2v) is 6.93. The van der Waals surface area contributed by atoms with Gasteiger partial charge in [0.2, 0.25) is 0 Å². The van der Waals surface area contributed by atoms with E-state index in [2.05, 4.69) is 74.2 Å². The number of hydrogen-bond acceptors (Lipinski definition) is 2. The Morgan fingerprint density at radius 3 is 1.96 bits per heavy atom. The molecule has 4 rings (SSSR count). The first-order valence-electron chi connectivity index (χ1n) is 8.15. The van der Waals surface area contributed by atoms with Crippen LogP contribution in [0.4, 0.5) is 11.4 Å². The maximum Gasteiger partial charge on any atom is 0.108 e. The highest BCUT2D eigenvalue weighted by molar-refractivity contribution is 6.07. The van der Waals surface area contributed by atoms with Crippen LogP contribution < -0.4 is 4.90 Å². The van der Waals surface area contributed by atoms with Crippen LogP contribution in [0.15, 0.2) is 53.5 Å². The smallest absolute Gasteiger partial charge is 0.108 e. The molecule has 0 bridgehead atoms. The lowest BCUT2D eigenvalue weighted by Crippen LogP contribution is -2.35. The lowest BCUT2D eigenvalue weighted by molar-refractivity contribution is 0.632. The van der Waals surface area contributed by atoms with Crippen molar-refractivity contribution < 1.29 is 0 Å². The summed E-state index contributed by atoms with van der Waals surface area (Å²) in [6, 6.07) is 18.0. The van der Waals surface area contributed by atoms with E-state index in [1.807, 2.05) is 0 Å². The largest absolute Gasteiger partial charge is 0.298 e. The number of nitrogens with zero attached hydrogens (tertiary/aromatic N) is 2. The third-order valence-corrected chi connectivity index (χ3v) is 5.05. The van der Waals surface area contributed by atoms with Gasteiger partial charge in [-0.25, -0.2) is 0 Å².